The monoisotopic (exact) mass is 279 g/mol. The maximum Gasteiger partial charge on any atom is 0.234 e. The van der Waals surface area contributed by atoms with Crippen LogP contribution < -0.4 is 10.6 Å². The number of furan rings is 1. The van der Waals surface area contributed by atoms with Crippen LogP contribution >= 0.6 is 0 Å². The molecule has 1 saturated heterocycles. The molecule has 1 fully saturated rings. The van der Waals surface area contributed by atoms with Crippen LogP contribution in [0.4, 0.5) is 0 Å². The topological polar surface area (TPSA) is 57.5 Å². The minimum absolute atomic E-state index is 0.0641. The highest BCUT2D eigenvalue weighted by Crippen LogP contribution is 2.13. The molecule has 2 heterocycles. The molecule has 5 heteroatoms. The van der Waals surface area contributed by atoms with E-state index in [4.69, 9.17) is 4.42 Å². The Hall–Kier alpha value is -1.33. The van der Waals surface area contributed by atoms with Gasteiger partial charge < -0.3 is 15.1 Å². The Morgan fingerprint density at radius 3 is 3.10 bits per heavy atom. The Balaban J connectivity index is 1.84. The van der Waals surface area contributed by atoms with E-state index in [-0.39, 0.29) is 11.9 Å². The molecular formula is C15H25N3O2. The van der Waals surface area contributed by atoms with Crippen LogP contribution in [0.15, 0.2) is 22.8 Å². The van der Waals surface area contributed by atoms with Crippen molar-refractivity contribution in [2.45, 2.75) is 38.8 Å². The second kappa shape index (κ2) is 7.45. The molecule has 1 aromatic rings. The zero-order chi connectivity index (χ0) is 14.4. The molecule has 112 valence electrons. The van der Waals surface area contributed by atoms with E-state index in [2.05, 4.69) is 22.5 Å². The average Bonchev–Trinajstić information content (AvgIpc) is 3.11. The Morgan fingerprint density at radius 1 is 1.65 bits per heavy atom. The van der Waals surface area contributed by atoms with Crippen molar-refractivity contribution in [1.82, 2.24) is 15.5 Å². The van der Waals surface area contributed by atoms with Crippen molar-refractivity contribution >= 4 is 5.91 Å². The van der Waals surface area contributed by atoms with Crippen LogP contribution in [0.3, 0.4) is 0 Å². The number of carbonyl (C=O) groups is 1. The van der Waals surface area contributed by atoms with Gasteiger partial charge in [-0.05, 0) is 45.0 Å². The predicted molar refractivity (Wildman–Crippen MR) is 78.4 cm³/mol. The van der Waals surface area contributed by atoms with E-state index in [1.165, 1.54) is 0 Å². The van der Waals surface area contributed by atoms with E-state index in [1.807, 2.05) is 19.1 Å². The lowest BCUT2D eigenvalue weighted by Crippen LogP contribution is -2.44. The molecule has 0 aromatic carbocycles. The first-order valence-electron chi connectivity index (χ1n) is 7.48. The lowest BCUT2D eigenvalue weighted by atomic mass is 10.2. The third-order valence-corrected chi connectivity index (χ3v) is 3.76. The fourth-order valence-electron chi connectivity index (χ4n) is 2.71. The quantitative estimate of drug-likeness (QED) is 0.795. The Kier molecular flexibility index (Phi) is 5.61. The van der Waals surface area contributed by atoms with Crippen LogP contribution in [0.25, 0.3) is 0 Å². The van der Waals surface area contributed by atoms with E-state index >= 15 is 0 Å². The molecule has 2 unspecified atom stereocenters. The van der Waals surface area contributed by atoms with Crippen LogP contribution in [-0.4, -0.2) is 43.0 Å². The maximum atomic E-state index is 12.2. The van der Waals surface area contributed by atoms with E-state index < -0.39 is 0 Å². The number of amides is 1. The van der Waals surface area contributed by atoms with Gasteiger partial charge in [0.2, 0.25) is 5.91 Å². The number of nitrogens with zero attached hydrogens (tertiary/aromatic N) is 1. The Labute approximate surface area is 120 Å². The first kappa shape index (κ1) is 15.1. The van der Waals surface area contributed by atoms with Crippen molar-refractivity contribution in [3.63, 3.8) is 0 Å². The number of hydrogen-bond acceptors (Lipinski definition) is 4. The first-order chi connectivity index (χ1) is 9.70. The summed E-state index contributed by atoms with van der Waals surface area (Å²) in [6.07, 6.45) is 3.82. The lowest BCUT2D eigenvalue weighted by molar-refractivity contribution is -0.123. The summed E-state index contributed by atoms with van der Waals surface area (Å²) in [5.41, 5.74) is 0. The SMILES string of the molecule is CCCN(CC(=O)NC(C)c1ccco1)C1CCNC1. The smallest absolute Gasteiger partial charge is 0.234 e. The number of rotatable bonds is 7. The summed E-state index contributed by atoms with van der Waals surface area (Å²) < 4.78 is 5.31. The second-order valence-electron chi connectivity index (χ2n) is 5.42. The highest BCUT2D eigenvalue weighted by molar-refractivity contribution is 5.78. The van der Waals surface area contributed by atoms with Gasteiger partial charge in [-0.1, -0.05) is 6.92 Å². The highest BCUT2D eigenvalue weighted by Gasteiger charge is 2.24. The number of hydrogen-bond donors (Lipinski definition) is 2. The van der Waals surface area contributed by atoms with Crippen LogP contribution in [0.1, 0.15) is 38.5 Å². The van der Waals surface area contributed by atoms with Crippen molar-refractivity contribution < 1.29 is 9.21 Å². The van der Waals surface area contributed by atoms with Crippen LogP contribution in [0.5, 0.6) is 0 Å². The average molecular weight is 279 g/mol. The Morgan fingerprint density at radius 2 is 2.50 bits per heavy atom. The number of carbonyl (C=O) groups excluding carboxylic acids is 1. The fraction of sp³-hybridized carbons (Fsp3) is 0.667. The van der Waals surface area contributed by atoms with Gasteiger partial charge >= 0.3 is 0 Å². The van der Waals surface area contributed by atoms with Crippen molar-refractivity contribution in [3.8, 4) is 0 Å². The van der Waals surface area contributed by atoms with Crippen molar-refractivity contribution in [1.29, 1.82) is 0 Å². The molecule has 0 spiro atoms. The van der Waals surface area contributed by atoms with Gasteiger partial charge in [0.15, 0.2) is 0 Å². The summed E-state index contributed by atoms with van der Waals surface area (Å²) >= 11 is 0. The standard InChI is InChI=1S/C15H25N3O2/c1-3-8-18(13-6-7-16-10-13)11-15(19)17-12(2)14-5-4-9-20-14/h4-5,9,12-13,16H,3,6-8,10-11H2,1-2H3,(H,17,19). The summed E-state index contributed by atoms with van der Waals surface area (Å²) in [4.78, 5) is 14.5. The van der Waals surface area contributed by atoms with Gasteiger partial charge in [0.05, 0.1) is 18.8 Å². The molecule has 0 saturated carbocycles. The highest BCUT2D eigenvalue weighted by atomic mass is 16.3. The number of nitrogens with one attached hydrogen (secondary N) is 2. The summed E-state index contributed by atoms with van der Waals surface area (Å²) in [5.74, 6) is 0.858. The van der Waals surface area contributed by atoms with E-state index in [0.717, 1.165) is 38.2 Å². The largest absolute Gasteiger partial charge is 0.467 e. The Bertz CT molecular complexity index is 399. The molecular weight excluding hydrogens is 254 g/mol. The van der Waals surface area contributed by atoms with Crippen molar-refractivity contribution in [2.24, 2.45) is 0 Å². The van der Waals surface area contributed by atoms with Gasteiger partial charge in [0, 0.05) is 12.6 Å². The molecule has 2 atom stereocenters. The molecule has 0 bridgehead atoms. The third kappa shape index (κ3) is 4.08. The molecule has 1 amide bonds. The first-order valence-corrected chi connectivity index (χ1v) is 7.48. The predicted octanol–water partition coefficient (Wildman–Crippen LogP) is 1.53. The van der Waals surface area contributed by atoms with E-state index in [1.54, 1.807) is 6.26 Å². The zero-order valence-corrected chi connectivity index (χ0v) is 12.4. The van der Waals surface area contributed by atoms with E-state index in [0.29, 0.717) is 12.6 Å². The van der Waals surface area contributed by atoms with Gasteiger partial charge in [-0.15, -0.1) is 0 Å². The normalized spacial score (nSPS) is 20.2. The summed E-state index contributed by atoms with van der Waals surface area (Å²) in [6, 6.07) is 4.13. The van der Waals surface area contributed by atoms with Crippen LogP contribution in [-0.2, 0) is 4.79 Å². The van der Waals surface area contributed by atoms with Gasteiger partial charge in [0.1, 0.15) is 5.76 Å². The molecule has 0 radical (unpaired) electrons. The lowest BCUT2D eigenvalue weighted by Gasteiger charge is -2.27. The minimum Gasteiger partial charge on any atom is -0.467 e. The molecule has 20 heavy (non-hydrogen) atoms. The fourth-order valence-corrected chi connectivity index (χ4v) is 2.71. The van der Waals surface area contributed by atoms with Gasteiger partial charge in [-0.2, -0.15) is 0 Å². The molecule has 1 aliphatic heterocycles. The van der Waals surface area contributed by atoms with Crippen molar-refractivity contribution in [2.75, 3.05) is 26.2 Å². The molecule has 1 aromatic heterocycles. The molecule has 2 N–H and O–H groups in total. The van der Waals surface area contributed by atoms with Crippen molar-refractivity contribution in [3.05, 3.63) is 24.2 Å². The van der Waals surface area contributed by atoms with Gasteiger partial charge in [0.25, 0.3) is 0 Å². The molecule has 5 nitrogen and oxygen atoms in total. The summed E-state index contributed by atoms with van der Waals surface area (Å²) in [6.45, 7) is 7.56. The minimum atomic E-state index is -0.0809. The van der Waals surface area contributed by atoms with Crippen LogP contribution in [0.2, 0.25) is 0 Å². The van der Waals surface area contributed by atoms with E-state index in [9.17, 15) is 4.79 Å². The third-order valence-electron chi connectivity index (χ3n) is 3.76. The van der Waals surface area contributed by atoms with Gasteiger partial charge in [-0.25, -0.2) is 0 Å². The summed E-state index contributed by atoms with van der Waals surface area (Å²) in [7, 11) is 0. The maximum absolute atomic E-state index is 12.2. The molecule has 1 aliphatic rings. The zero-order valence-electron chi connectivity index (χ0n) is 12.4. The molecule has 2 rings (SSSR count). The summed E-state index contributed by atoms with van der Waals surface area (Å²) in [5, 5.41) is 6.36. The van der Waals surface area contributed by atoms with Crippen LogP contribution in [0, 0.1) is 0 Å². The van der Waals surface area contributed by atoms with Gasteiger partial charge in [-0.3, -0.25) is 9.69 Å². The molecule has 0 aliphatic carbocycles. The second-order valence-corrected chi connectivity index (χ2v) is 5.42.